The molecule has 4 aliphatic rings. The first-order valence-corrected chi connectivity index (χ1v) is 20.2. The fourth-order valence-electron chi connectivity index (χ4n) is 6.07. The number of alkyl carbamates (subject to hydrolysis) is 1. The molecule has 2 aliphatic heterocycles. The maximum absolute atomic E-state index is 13.8. The normalized spacial score (nSPS) is 36.5. The van der Waals surface area contributed by atoms with Crippen molar-refractivity contribution in [2.45, 2.75) is 100 Å². The van der Waals surface area contributed by atoms with Crippen molar-refractivity contribution in [3.8, 4) is 23.7 Å². The van der Waals surface area contributed by atoms with E-state index < -0.39 is 72.3 Å². The molecule has 15 nitrogen and oxygen atoms in total. The van der Waals surface area contributed by atoms with Gasteiger partial charge in [-0.05, 0) is 35.2 Å². The predicted octanol–water partition coefficient (Wildman–Crippen LogP) is 0.785. The summed E-state index contributed by atoms with van der Waals surface area (Å²) in [6.45, 7) is 5.84. The summed E-state index contributed by atoms with van der Waals surface area (Å²) in [4.78, 5) is 26.3. The smallest absolute Gasteiger partial charge is 0.411 e. The Kier molecular flexibility index (Phi) is 15.7. The van der Waals surface area contributed by atoms with Gasteiger partial charge in [0.05, 0.1) is 43.7 Å². The summed E-state index contributed by atoms with van der Waals surface area (Å²) in [6, 6.07) is -0.981. The molecule has 0 aromatic carbocycles. The number of ether oxygens (including phenoxy) is 6. The lowest BCUT2D eigenvalue weighted by Crippen LogP contribution is -2.64. The zero-order valence-electron chi connectivity index (χ0n) is 29.0. The highest BCUT2D eigenvalue weighted by Crippen LogP contribution is 2.41. The molecule has 0 spiro atoms. The Morgan fingerprint density at radius 2 is 1.96 bits per heavy atom. The summed E-state index contributed by atoms with van der Waals surface area (Å²) in [5, 5.41) is 50.4. The lowest BCUT2D eigenvalue weighted by atomic mass is 9.73. The van der Waals surface area contributed by atoms with Crippen LogP contribution in [0.15, 0.2) is 35.1 Å². The zero-order chi connectivity index (χ0) is 37.3. The lowest BCUT2D eigenvalue weighted by molar-refractivity contribution is -0.329. The van der Waals surface area contributed by atoms with Gasteiger partial charge in [0.25, 0.3) is 0 Å². The van der Waals surface area contributed by atoms with Gasteiger partial charge in [-0.1, -0.05) is 65.2 Å². The molecule has 282 valence electrons. The van der Waals surface area contributed by atoms with Crippen molar-refractivity contribution >= 4 is 43.3 Å². The molecule has 2 heterocycles. The number of nitrogens with one attached hydrogen (secondary N) is 3. The fraction of sp³-hybridized carbons (Fsp3) is 0.636. The number of hydroxylamine groups is 1. The van der Waals surface area contributed by atoms with E-state index in [1.54, 1.807) is 20.1 Å². The van der Waals surface area contributed by atoms with Crippen molar-refractivity contribution in [1.82, 2.24) is 16.1 Å². The van der Waals surface area contributed by atoms with Crippen molar-refractivity contribution < 1.29 is 58.5 Å². The van der Waals surface area contributed by atoms with E-state index in [0.29, 0.717) is 0 Å². The number of carbonyl (C=O) groups is 2. The SMILES string of the molecule is COC(=O)NC1=C2/C(=C\CSSSC)C(O)(C#C/C=C\C#CC2O[C@@H]2O[C@H](C)[C@@H](NO)[C@H](O)[C@H]2O[C@H]2C[C@H](OC)[C@H](NC(C)C)CO2)C(O)C1=O. The summed E-state index contributed by atoms with van der Waals surface area (Å²) in [7, 11) is 7.04. The first-order valence-electron chi connectivity index (χ1n) is 16.1. The summed E-state index contributed by atoms with van der Waals surface area (Å²) in [5.74, 6) is 10.1. The third-order valence-electron chi connectivity index (χ3n) is 8.47. The molecule has 4 rings (SSSR count). The number of amides is 1. The summed E-state index contributed by atoms with van der Waals surface area (Å²) >= 11 is 0. The number of methoxy groups -OCH3 is 2. The molecular weight excluding hydrogens is 727 g/mol. The van der Waals surface area contributed by atoms with Crippen LogP contribution < -0.4 is 16.1 Å². The molecule has 2 aliphatic carbocycles. The van der Waals surface area contributed by atoms with Crippen LogP contribution >= 0.6 is 31.4 Å². The van der Waals surface area contributed by atoms with Gasteiger partial charge >= 0.3 is 6.09 Å². The molecule has 3 unspecified atom stereocenters. The van der Waals surface area contributed by atoms with Crippen LogP contribution in [-0.2, 0) is 33.2 Å². The molecule has 1 amide bonds. The highest BCUT2D eigenvalue weighted by Gasteiger charge is 2.54. The van der Waals surface area contributed by atoms with E-state index >= 15 is 0 Å². The number of fused-ring (bicyclic) bond motifs is 2. The summed E-state index contributed by atoms with van der Waals surface area (Å²) in [6.07, 6.45) is -4.41. The van der Waals surface area contributed by atoms with Crippen molar-refractivity contribution in [2.24, 2.45) is 0 Å². The molecule has 7 N–H and O–H groups in total. The lowest BCUT2D eigenvalue weighted by Gasteiger charge is -2.46. The maximum Gasteiger partial charge on any atom is 0.411 e. The minimum atomic E-state index is -2.45. The van der Waals surface area contributed by atoms with Gasteiger partial charge in [-0.2, -0.15) is 5.48 Å². The number of aliphatic hydroxyl groups excluding tert-OH is 2. The zero-order valence-corrected chi connectivity index (χ0v) is 31.4. The van der Waals surface area contributed by atoms with Crippen LogP contribution in [0.25, 0.3) is 0 Å². The Balaban J connectivity index is 1.80. The first-order chi connectivity index (χ1) is 24.4. The highest BCUT2D eigenvalue weighted by molar-refractivity contribution is 9.09. The molecule has 0 aromatic rings. The van der Waals surface area contributed by atoms with Gasteiger partial charge in [0, 0.05) is 36.5 Å². The van der Waals surface area contributed by atoms with Gasteiger partial charge < -0.3 is 54.3 Å². The number of rotatable bonds is 13. The topological polar surface area (TPSA) is 207 Å². The molecule has 0 saturated carbocycles. The monoisotopic (exact) mass is 771 g/mol. The van der Waals surface area contributed by atoms with Crippen molar-refractivity contribution in [2.75, 3.05) is 32.8 Å². The largest absolute Gasteiger partial charge is 0.453 e. The van der Waals surface area contributed by atoms with E-state index in [4.69, 9.17) is 28.4 Å². The Labute approximate surface area is 308 Å². The Morgan fingerprint density at radius 3 is 2.63 bits per heavy atom. The average Bonchev–Trinajstić information content (AvgIpc) is 3.10. The van der Waals surface area contributed by atoms with Crippen LogP contribution in [-0.4, -0.2) is 138 Å². The Hall–Kier alpha value is -2.11. The first kappa shape index (κ1) is 41.6. The van der Waals surface area contributed by atoms with Gasteiger partial charge in [-0.25, -0.2) is 4.79 Å². The minimum Gasteiger partial charge on any atom is -0.453 e. The minimum absolute atomic E-state index is 0.0451. The van der Waals surface area contributed by atoms with Crippen LogP contribution in [0.5, 0.6) is 0 Å². The number of aliphatic hydroxyl groups is 3. The van der Waals surface area contributed by atoms with Gasteiger partial charge in [0.2, 0.25) is 5.78 Å². The number of Topliss-reactive ketones (excluding diaryl/α,β-unsaturated/α-hetero) is 1. The number of hydrogen-bond donors (Lipinski definition) is 7. The van der Waals surface area contributed by atoms with E-state index in [1.165, 1.54) is 43.6 Å². The molecule has 0 radical (unpaired) electrons. The van der Waals surface area contributed by atoms with E-state index in [9.17, 15) is 30.1 Å². The standard InChI is InChI=1S/C33H45N3O12S3/c1-17(2)34-20-16-45-23(15-22(20)43-4)48-29-27(37)25(36-42)18(3)46-31(29)47-21-11-9-7-8-10-13-33(41)19(12-14-50-51-49-6)24(21)26(28(38)30(33)39)35-32(40)44-5/h7-8,12,17-18,20-23,25,27,29-31,34,36-37,39,41-42H,14-16H2,1-6H3,(H,35,40)/b8-7-,19-12+/t18-,20-,21?,22+,23+,25-,27+,29-,30?,31+,33?/m1/s1. The van der Waals surface area contributed by atoms with Gasteiger partial charge in [-0.3, -0.25) is 10.1 Å². The molecular formula is C33H45N3O12S3. The number of hydrogen-bond acceptors (Lipinski definition) is 17. The number of ketones is 1. The molecule has 11 atom stereocenters. The second-order valence-corrected chi connectivity index (χ2v) is 16.5. The van der Waals surface area contributed by atoms with Crippen LogP contribution in [0.1, 0.15) is 27.2 Å². The van der Waals surface area contributed by atoms with Gasteiger partial charge in [0.1, 0.15) is 18.3 Å². The van der Waals surface area contributed by atoms with Gasteiger partial charge in [-0.15, -0.1) is 0 Å². The van der Waals surface area contributed by atoms with Gasteiger partial charge in [0.15, 0.2) is 24.3 Å². The van der Waals surface area contributed by atoms with Crippen LogP contribution in [0.4, 0.5) is 4.79 Å². The van der Waals surface area contributed by atoms with Crippen molar-refractivity contribution in [3.63, 3.8) is 0 Å². The quantitative estimate of drug-likeness (QED) is 0.0598. The summed E-state index contributed by atoms with van der Waals surface area (Å²) in [5.41, 5.74) is -0.984. The second kappa shape index (κ2) is 19.3. The van der Waals surface area contributed by atoms with E-state index in [0.717, 1.165) is 7.11 Å². The fourth-order valence-corrected chi connectivity index (χ4v) is 8.48. The van der Waals surface area contributed by atoms with E-state index in [1.807, 2.05) is 20.1 Å². The van der Waals surface area contributed by atoms with E-state index in [2.05, 4.69) is 39.8 Å². The molecule has 51 heavy (non-hydrogen) atoms. The maximum atomic E-state index is 13.8. The number of allylic oxidation sites excluding steroid dienone is 2. The molecule has 2 fully saturated rings. The third-order valence-corrected chi connectivity index (χ3v) is 12.2. The molecule has 18 heteroatoms. The Bertz CT molecular complexity index is 1470. The van der Waals surface area contributed by atoms with Crippen LogP contribution in [0.3, 0.4) is 0 Å². The second-order valence-electron chi connectivity index (χ2n) is 12.1. The third kappa shape index (κ3) is 9.91. The predicted molar refractivity (Wildman–Crippen MR) is 191 cm³/mol. The van der Waals surface area contributed by atoms with Crippen molar-refractivity contribution in [1.29, 1.82) is 0 Å². The molecule has 0 aromatic heterocycles. The van der Waals surface area contributed by atoms with Crippen LogP contribution in [0, 0.1) is 23.7 Å². The number of carbonyl (C=O) groups excluding carboxylic acids is 2. The van der Waals surface area contributed by atoms with E-state index in [-0.39, 0.29) is 48.1 Å². The molecule has 2 bridgehead atoms. The average molecular weight is 772 g/mol. The molecule has 2 saturated heterocycles. The highest BCUT2D eigenvalue weighted by atomic mass is 33.5. The summed E-state index contributed by atoms with van der Waals surface area (Å²) < 4.78 is 35.5. The van der Waals surface area contributed by atoms with Crippen LogP contribution in [0.2, 0.25) is 0 Å². The van der Waals surface area contributed by atoms with Crippen molar-refractivity contribution in [3.05, 3.63) is 35.1 Å². The Morgan fingerprint density at radius 1 is 1.22 bits per heavy atom.